The average molecular weight is 305 g/mol. The molecule has 0 heterocycles. The van der Waals surface area contributed by atoms with Crippen LogP contribution in [0.25, 0.3) is 0 Å². The van der Waals surface area contributed by atoms with Crippen molar-refractivity contribution in [2.45, 2.75) is 32.9 Å². The number of ether oxygens (including phenoxy) is 1. The zero-order chi connectivity index (χ0) is 14.4. The van der Waals surface area contributed by atoms with Crippen LogP contribution in [0, 0.1) is 0 Å². The Morgan fingerprint density at radius 2 is 2.16 bits per heavy atom. The van der Waals surface area contributed by atoms with Gasteiger partial charge in [0.25, 0.3) is 5.91 Å². The van der Waals surface area contributed by atoms with E-state index in [1.165, 1.54) is 0 Å². The first-order chi connectivity index (χ1) is 8.97. The Morgan fingerprint density at radius 3 is 2.74 bits per heavy atom. The van der Waals surface area contributed by atoms with E-state index in [4.69, 9.17) is 33.7 Å². The zero-order valence-corrected chi connectivity index (χ0v) is 12.5. The van der Waals surface area contributed by atoms with Gasteiger partial charge in [-0.15, -0.1) is 0 Å². The summed E-state index contributed by atoms with van der Waals surface area (Å²) in [5, 5.41) is 3.64. The van der Waals surface area contributed by atoms with Crippen molar-refractivity contribution in [1.29, 1.82) is 0 Å². The van der Waals surface area contributed by atoms with Gasteiger partial charge >= 0.3 is 0 Å². The van der Waals surface area contributed by atoms with Crippen molar-refractivity contribution >= 4 is 29.1 Å². The Labute approximate surface area is 123 Å². The van der Waals surface area contributed by atoms with Crippen molar-refractivity contribution in [1.82, 2.24) is 5.32 Å². The van der Waals surface area contributed by atoms with E-state index in [-0.39, 0.29) is 25.1 Å². The van der Waals surface area contributed by atoms with E-state index in [9.17, 15) is 4.79 Å². The van der Waals surface area contributed by atoms with Crippen LogP contribution in [0.15, 0.2) is 12.1 Å². The summed E-state index contributed by atoms with van der Waals surface area (Å²) in [6.07, 6.45) is 0.863. The molecule has 0 spiro atoms. The fourth-order valence-electron chi connectivity index (χ4n) is 1.48. The predicted molar refractivity (Wildman–Crippen MR) is 77.7 cm³/mol. The summed E-state index contributed by atoms with van der Waals surface area (Å²) in [6.45, 7) is 4.06. The van der Waals surface area contributed by atoms with Crippen LogP contribution >= 0.6 is 23.2 Å². The van der Waals surface area contributed by atoms with Crippen LogP contribution in [0.2, 0.25) is 10.0 Å². The molecule has 0 aliphatic heterocycles. The van der Waals surface area contributed by atoms with Crippen LogP contribution in [0.5, 0.6) is 5.75 Å². The number of benzene rings is 1. The van der Waals surface area contributed by atoms with Crippen LogP contribution in [-0.4, -0.2) is 18.6 Å². The van der Waals surface area contributed by atoms with Gasteiger partial charge in [0.2, 0.25) is 0 Å². The fourth-order valence-corrected chi connectivity index (χ4v) is 2.07. The highest BCUT2D eigenvalue weighted by atomic mass is 35.5. The summed E-state index contributed by atoms with van der Waals surface area (Å²) in [5.74, 6) is 0.219. The number of rotatable bonds is 6. The Bertz CT molecular complexity index is 453. The SMILES string of the molecule is CCC(C)NC(=O)COc1c(Cl)cc(Cl)cc1CN. The molecule has 19 heavy (non-hydrogen) atoms. The number of carbonyl (C=O) groups is 1. The smallest absolute Gasteiger partial charge is 0.258 e. The van der Waals surface area contributed by atoms with Crippen molar-refractivity contribution in [2.75, 3.05) is 6.61 Å². The summed E-state index contributed by atoms with van der Waals surface area (Å²) < 4.78 is 5.44. The van der Waals surface area contributed by atoms with Crippen molar-refractivity contribution in [3.63, 3.8) is 0 Å². The Balaban J connectivity index is 2.70. The third-order valence-electron chi connectivity index (χ3n) is 2.67. The van der Waals surface area contributed by atoms with Gasteiger partial charge in [-0.1, -0.05) is 30.1 Å². The molecule has 0 aliphatic rings. The van der Waals surface area contributed by atoms with E-state index in [1.807, 2.05) is 13.8 Å². The minimum atomic E-state index is -0.191. The molecule has 0 fully saturated rings. The molecular formula is C13H18Cl2N2O2. The van der Waals surface area contributed by atoms with Gasteiger partial charge in [-0.2, -0.15) is 0 Å². The first kappa shape index (κ1) is 16.1. The predicted octanol–water partition coefficient (Wildman–Crippen LogP) is 2.75. The second-order valence-electron chi connectivity index (χ2n) is 4.25. The zero-order valence-electron chi connectivity index (χ0n) is 11.0. The molecule has 1 unspecified atom stereocenters. The number of hydrogen-bond donors (Lipinski definition) is 2. The number of nitrogens with two attached hydrogens (primary N) is 1. The molecule has 1 aromatic rings. The molecule has 1 atom stereocenters. The molecule has 0 saturated heterocycles. The number of amides is 1. The highest BCUT2D eigenvalue weighted by molar-refractivity contribution is 6.35. The largest absolute Gasteiger partial charge is 0.482 e. The average Bonchev–Trinajstić information content (AvgIpc) is 2.36. The molecule has 0 saturated carbocycles. The van der Waals surface area contributed by atoms with E-state index in [0.29, 0.717) is 21.4 Å². The van der Waals surface area contributed by atoms with Gasteiger partial charge in [0.1, 0.15) is 5.75 Å². The van der Waals surface area contributed by atoms with Gasteiger partial charge in [0.05, 0.1) is 5.02 Å². The van der Waals surface area contributed by atoms with Crippen LogP contribution in [0.4, 0.5) is 0 Å². The topological polar surface area (TPSA) is 64.3 Å². The summed E-state index contributed by atoms with van der Waals surface area (Å²) >= 11 is 11.9. The van der Waals surface area contributed by atoms with E-state index >= 15 is 0 Å². The standard InChI is InChI=1S/C13H18Cl2N2O2/c1-3-8(2)17-12(18)7-19-13-9(6-16)4-10(14)5-11(13)15/h4-5,8H,3,6-7,16H2,1-2H3,(H,17,18). The van der Waals surface area contributed by atoms with Crippen LogP contribution in [0.3, 0.4) is 0 Å². The number of hydrogen-bond acceptors (Lipinski definition) is 3. The minimum absolute atomic E-state index is 0.0985. The number of nitrogens with one attached hydrogen (secondary N) is 1. The molecule has 0 aliphatic carbocycles. The molecule has 3 N–H and O–H groups in total. The molecular weight excluding hydrogens is 287 g/mol. The van der Waals surface area contributed by atoms with Gasteiger partial charge in [0, 0.05) is 23.2 Å². The fraction of sp³-hybridized carbons (Fsp3) is 0.462. The van der Waals surface area contributed by atoms with Gasteiger partial charge in [0.15, 0.2) is 6.61 Å². The number of halogens is 2. The first-order valence-electron chi connectivity index (χ1n) is 6.08. The number of carbonyl (C=O) groups excluding carboxylic acids is 1. The Hall–Kier alpha value is -0.970. The quantitative estimate of drug-likeness (QED) is 0.849. The van der Waals surface area contributed by atoms with Crippen molar-refractivity contribution in [2.24, 2.45) is 5.73 Å². The molecule has 1 aromatic carbocycles. The first-order valence-corrected chi connectivity index (χ1v) is 6.83. The monoisotopic (exact) mass is 304 g/mol. The van der Waals surface area contributed by atoms with E-state index < -0.39 is 0 Å². The van der Waals surface area contributed by atoms with Gasteiger partial charge < -0.3 is 15.8 Å². The molecule has 6 heteroatoms. The third-order valence-corrected chi connectivity index (χ3v) is 3.17. The lowest BCUT2D eigenvalue weighted by Crippen LogP contribution is -2.35. The second kappa shape index (κ2) is 7.58. The van der Waals surface area contributed by atoms with Gasteiger partial charge in [-0.25, -0.2) is 0 Å². The van der Waals surface area contributed by atoms with Gasteiger partial charge in [-0.3, -0.25) is 4.79 Å². The summed E-state index contributed by atoms with van der Waals surface area (Å²) in [7, 11) is 0. The van der Waals surface area contributed by atoms with Crippen LogP contribution in [-0.2, 0) is 11.3 Å². The lowest BCUT2D eigenvalue weighted by molar-refractivity contribution is -0.123. The van der Waals surface area contributed by atoms with E-state index in [1.54, 1.807) is 12.1 Å². The van der Waals surface area contributed by atoms with Crippen molar-refractivity contribution in [3.05, 3.63) is 27.7 Å². The normalized spacial score (nSPS) is 12.1. The molecule has 1 rings (SSSR count). The highest BCUT2D eigenvalue weighted by Crippen LogP contribution is 2.32. The third kappa shape index (κ3) is 4.90. The van der Waals surface area contributed by atoms with Crippen LogP contribution in [0.1, 0.15) is 25.8 Å². The minimum Gasteiger partial charge on any atom is -0.482 e. The Morgan fingerprint density at radius 1 is 1.47 bits per heavy atom. The molecule has 0 aromatic heterocycles. The lowest BCUT2D eigenvalue weighted by atomic mass is 10.2. The van der Waals surface area contributed by atoms with Crippen LogP contribution < -0.4 is 15.8 Å². The maximum Gasteiger partial charge on any atom is 0.258 e. The molecule has 0 bridgehead atoms. The maximum absolute atomic E-state index is 11.6. The molecule has 4 nitrogen and oxygen atoms in total. The van der Waals surface area contributed by atoms with E-state index in [2.05, 4.69) is 5.32 Å². The molecule has 1 amide bonds. The second-order valence-corrected chi connectivity index (χ2v) is 5.09. The van der Waals surface area contributed by atoms with Gasteiger partial charge in [-0.05, 0) is 25.5 Å². The van der Waals surface area contributed by atoms with Crippen molar-refractivity contribution < 1.29 is 9.53 Å². The summed E-state index contributed by atoms with van der Waals surface area (Å²) in [4.78, 5) is 11.6. The van der Waals surface area contributed by atoms with E-state index in [0.717, 1.165) is 6.42 Å². The van der Waals surface area contributed by atoms with Crippen molar-refractivity contribution in [3.8, 4) is 5.75 Å². The maximum atomic E-state index is 11.6. The summed E-state index contributed by atoms with van der Waals surface area (Å²) in [6, 6.07) is 3.35. The molecule has 0 radical (unpaired) electrons. The summed E-state index contributed by atoms with van der Waals surface area (Å²) in [5.41, 5.74) is 6.27. The molecule has 106 valence electrons. The lowest BCUT2D eigenvalue weighted by Gasteiger charge is -2.14. The highest BCUT2D eigenvalue weighted by Gasteiger charge is 2.12. The Kier molecular flexibility index (Phi) is 6.42.